The van der Waals surface area contributed by atoms with Crippen LogP contribution in [-0.4, -0.2) is 17.9 Å². The van der Waals surface area contributed by atoms with Crippen LogP contribution in [0, 0.1) is 0 Å². The first kappa shape index (κ1) is 10.7. The molecule has 1 aliphatic heterocycles. The standard InChI is InChI=1S/C15H12N2O/c1-17-14-5-3-2-4-12(14)13(15(17)18)10-11-6-8-16-9-7-11/h2-10H,1H3/b13-10+. The molecule has 18 heavy (non-hydrogen) atoms. The van der Waals surface area contributed by atoms with E-state index in [9.17, 15) is 4.79 Å². The maximum absolute atomic E-state index is 12.2. The van der Waals surface area contributed by atoms with Crippen molar-refractivity contribution in [2.45, 2.75) is 0 Å². The molecule has 0 fully saturated rings. The lowest BCUT2D eigenvalue weighted by Gasteiger charge is -2.07. The molecule has 2 heterocycles. The van der Waals surface area contributed by atoms with Crippen LogP contribution in [0.5, 0.6) is 0 Å². The van der Waals surface area contributed by atoms with Gasteiger partial charge in [-0.1, -0.05) is 18.2 Å². The summed E-state index contributed by atoms with van der Waals surface area (Å²) in [7, 11) is 1.80. The smallest absolute Gasteiger partial charge is 0.258 e. The molecule has 1 aromatic heterocycles. The highest BCUT2D eigenvalue weighted by molar-refractivity contribution is 6.35. The summed E-state index contributed by atoms with van der Waals surface area (Å²) in [5.41, 5.74) is 3.67. The van der Waals surface area contributed by atoms with E-state index in [0.717, 1.165) is 22.4 Å². The van der Waals surface area contributed by atoms with Crippen LogP contribution >= 0.6 is 0 Å². The predicted molar refractivity (Wildman–Crippen MR) is 72.0 cm³/mol. The number of hydrogen-bond acceptors (Lipinski definition) is 2. The number of amides is 1. The minimum absolute atomic E-state index is 0.0352. The van der Waals surface area contributed by atoms with E-state index in [1.807, 2.05) is 42.5 Å². The van der Waals surface area contributed by atoms with Crippen molar-refractivity contribution >= 4 is 23.2 Å². The quantitative estimate of drug-likeness (QED) is 0.713. The maximum Gasteiger partial charge on any atom is 0.258 e. The second kappa shape index (κ2) is 4.11. The normalized spacial score (nSPS) is 16.2. The Hall–Kier alpha value is -2.42. The number of pyridine rings is 1. The molecule has 0 bridgehead atoms. The Bertz CT molecular complexity index is 632. The van der Waals surface area contributed by atoms with Crippen LogP contribution in [0.1, 0.15) is 11.1 Å². The van der Waals surface area contributed by atoms with Gasteiger partial charge < -0.3 is 4.90 Å². The zero-order valence-electron chi connectivity index (χ0n) is 10.00. The van der Waals surface area contributed by atoms with Crippen molar-refractivity contribution in [1.82, 2.24) is 4.98 Å². The number of nitrogens with zero attached hydrogens (tertiary/aromatic N) is 2. The van der Waals surface area contributed by atoms with E-state index < -0.39 is 0 Å². The number of fused-ring (bicyclic) bond motifs is 1. The lowest BCUT2D eigenvalue weighted by atomic mass is 10.0. The van der Waals surface area contributed by atoms with Gasteiger partial charge in [0, 0.05) is 30.6 Å². The van der Waals surface area contributed by atoms with Crippen molar-refractivity contribution < 1.29 is 4.79 Å². The van der Waals surface area contributed by atoms with Crippen molar-refractivity contribution in [3.63, 3.8) is 0 Å². The minimum Gasteiger partial charge on any atom is -0.311 e. The molecule has 0 atom stereocenters. The van der Waals surface area contributed by atoms with Crippen molar-refractivity contribution in [2.75, 3.05) is 11.9 Å². The molecular weight excluding hydrogens is 224 g/mol. The predicted octanol–water partition coefficient (Wildman–Crippen LogP) is 2.60. The lowest BCUT2D eigenvalue weighted by molar-refractivity contribution is -0.112. The van der Waals surface area contributed by atoms with Gasteiger partial charge in [-0.05, 0) is 29.8 Å². The van der Waals surface area contributed by atoms with Crippen LogP contribution in [0.3, 0.4) is 0 Å². The minimum atomic E-state index is 0.0352. The number of hydrogen-bond donors (Lipinski definition) is 0. The van der Waals surface area contributed by atoms with Gasteiger partial charge in [-0.15, -0.1) is 0 Å². The number of benzene rings is 1. The number of rotatable bonds is 1. The van der Waals surface area contributed by atoms with Gasteiger partial charge >= 0.3 is 0 Å². The highest BCUT2D eigenvalue weighted by atomic mass is 16.2. The summed E-state index contributed by atoms with van der Waals surface area (Å²) in [4.78, 5) is 17.9. The number of aromatic nitrogens is 1. The molecule has 3 nitrogen and oxygen atoms in total. The van der Waals surface area contributed by atoms with Gasteiger partial charge in [-0.2, -0.15) is 0 Å². The Labute approximate surface area is 105 Å². The van der Waals surface area contributed by atoms with Crippen molar-refractivity contribution in [2.24, 2.45) is 0 Å². The molecule has 1 aromatic carbocycles. The molecule has 3 heteroatoms. The van der Waals surface area contributed by atoms with Gasteiger partial charge in [0.05, 0.1) is 5.69 Å². The first-order chi connectivity index (χ1) is 8.77. The molecule has 0 saturated carbocycles. The molecule has 1 aliphatic rings. The van der Waals surface area contributed by atoms with Gasteiger partial charge in [0.1, 0.15) is 0 Å². The molecule has 0 radical (unpaired) electrons. The summed E-state index contributed by atoms with van der Waals surface area (Å²) in [6.07, 6.45) is 5.36. The average Bonchev–Trinajstić information content (AvgIpc) is 2.66. The van der Waals surface area contributed by atoms with Gasteiger partial charge in [-0.3, -0.25) is 9.78 Å². The molecule has 0 N–H and O–H groups in total. The van der Waals surface area contributed by atoms with E-state index in [1.165, 1.54) is 0 Å². The molecule has 0 aliphatic carbocycles. The third-order valence-electron chi connectivity index (χ3n) is 3.11. The van der Waals surface area contributed by atoms with Gasteiger partial charge in [-0.25, -0.2) is 0 Å². The summed E-state index contributed by atoms with van der Waals surface area (Å²) in [6.45, 7) is 0. The first-order valence-electron chi connectivity index (χ1n) is 5.76. The zero-order chi connectivity index (χ0) is 12.5. The van der Waals surface area contributed by atoms with Gasteiger partial charge in [0.2, 0.25) is 0 Å². The molecular formula is C15H12N2O. The molecule has 0 unspecified atom stereocenters. The Morgan fingerprint density at radius 3 is 2.61 bits per heavy atom. The number of likely N-dealkylation sites (N-methyl/N-ethyl adjacent to an activating group) is 1. The number of carbonyl (C=O) groups excluding carboxylic acids is 1. The van der Waals surface area contributed by atoms with Gasteiger partial charge in [0.15, 0.2) is 0 Å². The Kier molecular flexibility index (Phi) is 2.45. The van der Waals surface area contributed by atoms with Crippen LogP contribution < -0.4 is 4.90 Å². The van der Waals surface area contributed by atoms with Gasteiger partial charge in [0.25, 0.3) is 5.91 Å². The van der Waals surface area contributed by atoms with E-state index in [2.05, 4.69) is 4.98 Å². The topological polar surface area (TPSA) is 33.2 Å². The van der Waals surface area contributed by atoms with Crippen molar-refractivity contribution in [3.8, 4) is 0 Å². The summed E-state index contributed by atoms with van der Waals surface area (Å²) in [5, 5.41) is 0. The van der Waals surface area contributed by atoms with Crippen LogP contribution in [-0.2, 0) is 4.79 Å². The Morgan fingerprint density at radius 2 is 1.83 bits per heavy atom. The van der Waals surface area contributed by atoms with Crippen molar-refractivity contribution in [1.29, 1.82) is 0 Å². The number of anilines is 1. The summed E-state index contributed by atoms with van der Waals surface area (Å²) < 4.78 is 0. The SMILES string of the molecule is CN1C(=O)/C(=C/c2ccncc2)c2ccccc21. The second-order valence-corrected chi connectivity index (χ2v) is 4.22. The van der Waals surface area contributed by atoms with Crippen LogP contribution in [0.15, 0.2) is 48.8 Å². The number of para-hydroxylation sites is 1. The summed E-state index contributed by atoms with van der Waals surface area (Å²) >= 11 is 0. The van der Waals surface area contributed by atoms with Crippen LogP contribution in [0.4, 0.5) is 5.69 Å². The van der Waals surface area contributed by atoms with Crippen molar-refractivity contribution in [3.05, 3.63) is 59.9 Å². The molecule has 2 aromatic rings. The first-order valence-corrected chi connectivity index (χ1v) is 5.76. The third-order valence-corrected chi connectivity index (χ3v) is 3.11. The summed E-state index contributed by atoms with van der Waals surface area (Å²) in [6, 6.07) is 11.6. The van der Waals surface area contributed by atoms with Crippen LogP contribution in [0.2, 0.25) is 0 Å². The van der Waals surface area contributed by atoms with Crippen LogP contribution in [0.25, 0.3) is 11.6 Å². The zero-order valence-corrected chi connectivity index (χ0v) is 10.00. The Morgan fingerprint density at radius 1 is 1.11 bits per heavy atom. The molecule has 1 amide bonds. The molecule has 88 valence electrons. The van der Waals surface area contributed by atoms with E-state index in [-0.39, 0.29) is 5.91 Å². The van der Waals surface area contributed by atoms with E-state index in [0.29, 0.717) is 0 Å². The fourth-order valence-corrected chi connectivity index (χ4v) is 2.16. The third kappa shape index (κ3) is 1.61. The number of carbonyl (C=O) groups is 1. The molecule has 0 spiro atoms. The largest absolute Gasteiger partial charge is 0.311 e. The Balaban J connectivity index is 2.14. The molecule has 0 saturated heterocycles. The fourth-order valence-electron chi connectivity index (χ4n) is 2.16. The highest BCUT2D eigenvalue weighted by Crippen LogP contribution is 2.36. The van der Waals surface area contributed by atoms with E-state index in [4.69, 9.17) is 0 Å². The lowest BCUT2D eigenvalue weighted by Crippen LogP contribution is -2.20. The maximum atomic E-state index is 12.2. The fraction of sp³-hybridized carbons (Fsp3) is 0.0667. The monoisotopic (exact) mass is 236 g/mol. The summed E-state index contributed by atoms with van der Waals surface area (Å²) in [5.74, 6) is 0.0352. The second-order valence-electron chi connectivity index (χ2n) is 4.22. The van der Waals surface area contributed by atoms with E-state index >= 15 is 0 Å². The average molecular weight is 236 g/mol. The molecule has 3 rings (SSSR count). The highest BCUT2D eigenvalue weighted by Gasteiger charge is 2.28. The van der Waals surface area contributed by atoms with E-state index in [1.54, 1.807) is 24.3 Å².